The molecule has 1 aliphatic heterocycles. The van der Waals surface area contributed by atoms with Gasteiger partial charge in [-0.05, 0) is 32.2 Å². The molecule has 0 N–H and O–H groups in total. The van der Waals surface area contributed by atoms with Crippen molar-refractivity contribution in [2.75, 3.05) is 13.1 Å². The monoisotopic (exact) mass is 175 g/mol. The average molecular weight is 175 g/mol. The van der Waals surface area contributed by atoms with Crippen LogP contribution in [0.3, 0.4) is 0 Å². The molecule has 0 amide bonds. The van der Waals surface area contributed by atoms with Gasteiger partial charge in [0.1, 0.15) is 0 Å². The molecule has 1 saturated heterocycles. The van der Waals surface area contributed by atoms with Crippen LogP contribution in [-0.4, -0.2) is 24.0 Å². The molecular weight excluding hydrogens is 154 g/mol. The van der Waals surface area contributed by atoms with Crippen LogP contribution in [0.4, 0.5) is 0 Å². The van der Waals surface area contributed by atoms with E-state index < -0.39 is 0 Å². The average Bonchev–Trinajstić information content (AvgIpc) is 2.10. The van der Waals surface area contributed by atoms with E-state index in [2.05, 4.69) is 32.6 Å². The zero-order valence-corrected chi connectivity index (χ0v) is 9.15. The molecule has 68 valence electrons. The maximum Gasteiger partial charge on any atom is 0.00388 e. The quantitative estimate of drug-likeness (QED) is 0.591. The zero-order valence-electron chi connectivity index (χ0n) is 8.15. The van der Waals surface area contributed by atoms with Gasteiger partial charge >= 0.3 is 0 Å². The molecule has 0 aromatic carbocycles. The van der Waals surface area contributed by atoms with Crippen molar-refractivity contribution in [3.8, 4) is 0 Å². The topological polar surface area (TPSA) is 3.24 Å². The first-order valence-corrected chi connectivity index (χ1v) is 4.25. The summed E-state index contributed by atoms with van der Waals surface area (Å²) in [5, 5.41) is 0. The van der Waals surface area contributed by atoms with E-state index in [0.29, 0.717) is 5.41 Å². The first-order valence-electron chi connectivity index (χ1n) is 4.25. The van der Waals surface area contributed by atoms with Crippen molar-refractivity contribution < 1.29 is 0 Å². The second kappa shape index (κ2) is 3.81. The summed E-state index contributed by atoms with van der Waals surface area (Å²) in [6.45, 7) is 11.9. The third-order valence-corrected chi connectivity index (χ3v) is 2.44. The summed E-state index contributed by atoms with van der Waals surface area (Å²) in [7, 11) is 0. The first-order chi connectivity index (χ1) is 4.51. The molecule has 0 aliphatic carbocycles. The van der Waals surface area contributed by atoms with Crippen LogP contribution in [0.15, 0.2) is 0 Å². The van der Waals surface area contributed by atoms with Gasteiger partial charge in [0.15, 0.2) is 0 Å². The minimum Gasteiger partial charge on any atom is -0.300 e. The molecule has 0 spiro atoms. The van der Waals surface area contributed by atoms with E-state index in [0.717, 1.165) is 6.04 Å². The Labute approximate surface area is 77.6 Å². The molecule has 2 heteroatoms. The summed E-state index contributed by atoms with van der Waals surface area (Å²) >= 11 is 0. The van der Waals surface area contributed by atoms with Crippen LogP contribution in [0.25, 0.3) is 0 Å². The van der Waals surface area contributed by atoms with Crippen LogP contribution in [0.2, 0.25) is 0 Å². The van der Waals surface area contributed by atoms with Crippen LogP contribution in [0.5, 0.6) is 0 Å². The Bertz CT molecular complexity index is 121. The molecule has 0 aromatic rings. The fourth-order valence-corrected chi connectivity index (χ4v) is 1.59. The number of hydrogen-bond acceptors (Lipinski definition) is 1. The standard InChI is InChI=1S/C9H19N.H2S/c1-8(2)10-6-5-9(3,4)7-10;/h8H,5-7H2,1-4H3;1H2. The molecule has 0 radical (unpaired) electrons. The smallest absolute Gasteiger partial charge is 0.00388 e. The molecule has 0 unspecified atom stereocenters. The predicted octanol–water partition coefficient (Wildman–Crippen LogP) is 2.24. The fraction of sp³-hybridized carbons (Fsp3) is 1.00. The lowest BCUT2D eigenvalue weighted by Crippen LogP contribution is -2.29. The van der Waals surface area contributed by atoms with Crippen molar-refractivity contribution in [1.29, 1.82) is 0 Å². The Hall–Kier alpha value is 0.310. The highest BCUT2D eigenvalue weighted by Gasteiger charge is 2.29. The lowest BCUT2D eigenvalue weighted by molar-refractivity contribution is 0.243. The van der Waals surface area contributed by atoms with Gasteiger partial charge < -0.3 is 4.90 Å². The largest absolute Gasteiger partial charge is 0.300 e. The van der Waals surface area contributed by atoms with Crippen LogP contribution < -0.4 is 0 Å². The van der Waals surface area contributed by atoms with Gasteiger partial charge in [-0.25, -0.2) is 0 Å². The Balaban J connectivity index is 0.000001000. The zero-order chi connectivity index (χ0) is 7.78. The lowest BCUT2D eigenvalue weighted by atomic mass is 9.93. The van der Waals surface area contributed by atoms with E-state index in [4.69, 9.17) is 0 Å². The van der Waals surface area contributed by atoms with Crippen LogP contribution in [0.1, 0.15) is 34.1 Å². The third-order valence-electron chi connectivity index (χ3n) is 2.44. The predicted molar refractivity (Wildman–Crippen MR) is 55.5 cm³/mol. The van der Waals surface area contributed by atoms with Gasteiger partial charge in [0, 0.05) is 12.6 Å². The van der Waals surface area contributed by atoms with E-state index in [-0.39, 0.29) is 13.5 Å². The summed E-state index contributed by atoms with van der Waals surface area (Å²) in [5.74, 6) is 0. The van der Waals surface area contributed by atoms with Crippen LogP contribution >= 0.6 is 13.5 Å². The second-order valence-corrected chi connectivity index (χ2v) is 4.48. The van der Waals surface area contributed by atoms with Gasteiger partial charge in [-0.15, -0.1) is 0 Å². The summed E-state index contributed by atoms with van der Waals surface area (Å²) in [6, 6.07) is 0.738. The van der Waals surface area contributed by atoms with Gasteiger partial charge in [-0.1, -0.05) is 13.8 Å². The van der Waals surface area contributed by atoms with Crippen LogP contribution in [0, 0.1) is 5.41 Å². The molecule has 11 heavy (non-hydrogen) atoms. The highest BCUT2D eigenvalue weighted by atomic mass is 32.1. The van der Waals surface area contributed by atoms with Gasteiger partial charge in [0.25, 0.3) is 0 Å². The molecule has 0 atom stereocenters. The molecular formula is C9H21NS. The van der Waals surface area contributed by atoms with Gasteiger partial charge in [-0.2, -0.15) is 13.5 Å². The van der Waals surface area contributed by atoms with E-state index in [1.165, 1.54) is 19.5 Å². The Kier molecular flexibility index (Phi) is 3.92. The van der Waals surface area contributed by atoms with Gasteiger partial charge in [-0.3, -0.25) is 0 Å². The third kappa shape index (κ3) is 3.04. The summed E-state index contributed by atoms with van der Waals surface area (Å²) in [5.41, 5.74) is 0.574. The molecule has 0 bridgehead atoms. The van der Waals surface area contributed by atoms with Crippen molar-refractivity contribution in [2.24, 2.45) is 5.41 Å². The molecule has 0 aromatic heterocycles. The number of hydrogen-bond donors (Lipinski definition) is 0. The molecule has 0 saturated carbocycles. The highest BCUT2D eigenvalue weighted by Crippen LogP contribution is 2.29. The molecule has 1 nitrogen and oxygen atoms in total. The van der Waals surface area contributed by atoms with E-state index in [1.54, 1.807) is 0 Å². The van der Waals surface area contributed by atoms with E-state index in [1.807, 2.05) is 0 Å². The maximum atomic E-state index is 2.56. The molecule has 1 aliphatic rings. The lowest BCUT2D eigenvalue weighted by Gasteiger charge is -2.22. The summed E-state index contributed by atoms with van der Waals surface area (Å²) in [6.07, 6.45) is 1.37. The highest BCUT2D eigenvalue weighted by molar-refractivity contribution is 7.59. The number of rotatable bonds is 1. The summed E-state index contributed by atoms with van der Waals surface area (Å²) in [4.78, 5) is 2.56. The Morgan fingerprint density at radius 1 is 1.27 bits per heavy atom. The SMILES string of the molecule is CC(C)N1CCC(C)(C)C1.S. The minimum absolute atomic E-state index is 0. The maximum absolute atomic E-state index is 2.56. The normalized spacial score (nSPS) is 23.7. The van der Waals surface area contributed by atoms with Gasteiger partial charge in [0.05, 0.1) is 0 Å². The van der Waals surface area contributed by atoms with Gasteiger partial charge in [0.2, 0.25) is 0 Å². The Morgan fingerprint density at radius 2 is 1.82 bits per heavy atom. The first kappa shape index (κ1) is 11.3. The second-order valence-electron chi connectivity index (χ2n) is 4.48. The van der Waals surface area contributed by atoms with Crippen LogP contribution in [-0.2, 0) is 0 Å². The minimum atomic E-state index is 0. The van der Waals surface area contributed by atoms with Crippen molar-refractivity contribution >= 4 is 13.5 Å². The fourth-order valence-electron chi connectivity index (χ4n) is 1.59. The van der Waals surface area contributed by atoms with Crippen molar-refractivity contribution in [3.63, 3.8) is 0 Å². The molecule has 1 heterocycles. The van der Waals surface area contributed by atoms with Crippen molar-refractivity contribution in [2.45, 2.75) is 40.2 Å². The molecule has 1 fully saturated rings. The van der Waals surface area contributed by atoms with Crippen molar-refractivity contribution in [3.05, 3.63) is 0 Å². The number of nitrogens with zero attached hydrogens (tertiary/aromatic N) is 1. The van der Waals surface area contributed by atoms with Crippen molar-refractivity contribution in [1.82, 2.24) is 4.90 Å². The number of likely N-dealkylation sites (tertiary alicyclic amines) is 1. The Morgan fingerprint density at radius 3 is 2.00 bits per heavy atom. The van der Waals surface area contributed by atoms with E-state index in [9.17, 15) is 0 Å². The van der Waals surface area contributed by atoms with E-state index >= 15 is 0 Å². The molecule has 1 rings (SSSR count). The summed E-state index contributed by atoms with van der Waals surface area (Å²) < 4.78 is 0.